The zero-order chi connectivity index (χ0) is 15.0. The molecular formula is C9H7BF6O3. The van der Waals surface area contributed by atoms with E-state index in [2.05, 4.69) is 4.74 Å². The zero-order valence-electron chi connectivity index (χ0n) is 9.30. The van der Waals surface area contributed by atoms with Crippen LogP contribution in [0, 0.1) is 0 Å². The van der Waals surface area contributed by atoms with Crippen molar-refractivity contribution in [3.05, 3.63) is 23.3 Å². The molecule has 0 aromatic heterocycles. The molecule has 0 aliphatic rings. The number of rotatable bonds is 2. The van der Waals surface area contributed by atoms with E-state index in [0.717, 1.165) is 7.11 Å². The average Bonchev–Trinajstić information content (AvgIpc) is 2.24. The third-order valence-corrected chi connectivity index (χ3v) is 2.25. The minimum Gasteiger partial charge on any atom is -0.497 e. The lowest BCUT2D eigenvalue weighted by molar-refractivity contribution is -0.142. The first-order chi connectivity index (χ1) is 8.48. The van der Waals surface area contributed by atoms with E-state index in [9.17, 15) is 26.3 Å². The van der Waals surface area contributed by atoms with Crippen LogP contribution in [0.3, 0.4) is 0 Å². The zero-order valence-corrected chi connectivity index (χ0v) is 9.30. The first-order valence-electron chi connectivity index (χ1n) is 4.71. The summed E-state index contributed by atoms with van der Waals surface area (Å²) >= 11 is 0. The molecule has 0 bridgehead atoms. The maximum atomic E-state index is 12.6. The SMILES string of the molecule is COc1cc(C(F)(F)F)cc(C(F)(F)F)c1B(O)O. The molecule has 3 nitrogen and oxygen atoms in total. The van der Waals surface area contributed by atoms with Crippen molar-refractivity contribution in [2.45, 2.75) is 12.4 Å². The summed E-state index contributed by atoms with van der Waals surface area (Å²) in [5, 5.41) is 17.7. The average molecular weight is 288 g/mol. The van der Waals surface area contributed by atoms with Crippen LogP contribution < -0.4 is 10.2 Å². The predicted molar refractivity (Wildman–Crippen MR) is 52.8 cm³/mol. The van der Waals surface area contributed by atoms with E-state index in [-0.39, 0.29) is 12.1 Å². The highest BCUT2D eigenvalue weighted by atomic mass is 19.4. The Bertz CT molecular complexity index is 468. The Kier molecular flexibility index (Phi) is 4.06. The van der Waals surface area contributed by atoms with Crippen molar-refractivity contribution >= 4 is 12.6 Å². The molecule has 1 rings (SSSR count). The van der Waals surface area contributed by atoms with Crippen molar-refractivity contribution in [3.8, 4) is 5.75 Å². The number of methoxy groups -OCH3 is 1. The second kappa shape index (κ2) is 4.93. The molecule has 2 N–H and O–H groups in total. The molecule has 0 atom stereocenters. The largest absolute Gasteiger partial charge is 0.497 e. The summed E-state index contributed by atoms with van der Waals surface area (Å²) in [6, 6.07) is 0.0707. The fourth-order valence-electron chi connectivity index (χ4n) is 1.46. The van der Waals surface area contributed by atoms with E-state index in [1.165, 1.54) is 0 Å². The second-order valence-corrected chi connectivity index (χ2v) is 3.51. The van der Waals surface area contributed by atoms with Crippen LogP contribution in [-0.4, -0.2) is 24.3 Å². The highest BCUT2D eigenvalue weighted by Crippen LogP contribution is 2.37. The lowest BCUT2D eigenvalue weighted by Gasteiger charge is -2.18. The third-order valence-electron chi connectivity index (χ3n) is 2.25. The van der Waals surface area contributed by atoms with E-state index in [1.807, 2.05) is 0 Å². The van der Waals surface area contributed by atoms with Gasteiger partial charge in [0.15, 0.2) is 0 Å². The number of hydrogen-bond acceptors (Lipinski definition) is 3. The molecule has 1 aromatic rings. The van der Waals surface area contributed by atoms with Gasteiger partial charge in [0.05, 0.1) is 18.2 Å². The van der Waals surface area contributed by atoms with Crippen LogP contribution in [0.25, 0.3) is 0 Å². The van der Waals surface area contributed by atoms with Gasteiger partial charge in [0, 0.05) is 5.46 Å². The van der Waals surface area contributed by atoms with E-state index in [1.54, 1.807) is 0 Å². The number of halogens is 6. The molecule has 0 heterocycles. The first-order valence-corrected chi connectivity index (χ1v) is 4.71. The van der Waals surface area contributed by atoms with Gasteiger partial charge in [-0.25, -0.2) is 0 Å². The van der Waals surface area contributed by atoms with Gasteiger partial charge in [-0.05, 0) is 12.1 Å². The fraction of sp³-hybridized carbons (Fsp3) is 0.333. The lowest BCUT2D eigenvalue weighted by Crippen LogP contribution is -2.37. The second-order valence-electron chi connectivity index (χ2n) is 3.51. The van der Waals surface area contributed by atoms with Crippen LogP contribution >= 0.6 is 0 Å². The lowest BCUT2D eigenvalue weighted by atomic mass is 9.75. The molecule has 0 radical (unpaired) electrons. The summed E-state index contributed by atoms with van der Waals surface area (Å²) in [5.74, 6) is -0.905. The van der Waals surface area contributed by atoms with E-state index < -0.39 is 41.8 Å². The molecule has 10 heteroatoms. The van der Waals surface area contributed by atoms with Crippen molar-refractivity contribution in [1.29, 1.82) is 0 Å². The van der Waals surface area contributed by atoms with Gasteiger partial charge in [0.2, 0.25) is 0 Å². The molecule has 0 spiro atoms. The van der Waals surface area contributed by atoms with Crippen LogP contribution in [0.5, 0.6) is 5.75 Å². The van der Waals surface area contributed by atoms with Gasteiger partial charge < -0.3 is 14.8 Å². The fourth-order valence-corrected chi connectivity index (χ4v) is 1.46. The molecule has 0 saturated carbocycles. The van der Waals surface area contributed by atoms with Crippen molar-refractivity contribution < 1.29 is 41.1 Å². The molecule has 0 aliphatic carbocycles. The smallest absolute Gasteiger partial charge is 0.492 e. The van der Waals surface area contributed by atoms with Crippen LogP contribution in [0.4, 0.5) is 26.3 Å². The van der Waals surface area contributed by atoms with Crippen molar-refractivity contribution in [2.24, 2.45) is 0 Å². The molecule has 106 valence electrons. The molecular weight excluding hydrogens is 281 g/mol. The Labute approximate surface area is 103 Å². The summed E-state index contributed by atoms with van der Waals surface area (Å²) in [6.45, 7) is 0. The number of benzene rings is 1. The summed E-state index contributed by atoms with van der Waals surface area (Å²) in [4.78, 5) is 0. The Morgan fingerprint density at radius 1 is 1.00 bits per heavy atom. The van der Waals surface area contributed by atoms with Gasteiger partial charge in [0.25, 0.3) is 0 Å². The van der Waals surface area contributed by atoms with Gasteiger partial charge in [0.1, 0.15) is 5.75 Å². The number of alkyl halides is 6. The molecule has 19 heavy (non-hydrogen) atoms. The predicted octanol–water partition coefficient (Wildman–Crippen LogP) is 1.41. The van der Waals surface area contributed by atoms with Gasteiger partial charge in [-0.1, -0.05) is 0 Å². The summed E-state index contributed by atoms with van der Waals surface area (Å²) in [5.41, 5.74) is -4.57. The standard InChI is InChI=1S/C9H7BF6O3/c1-19-6-3-4(8(11,12)13)2-5(9(14,15)16)7(6)10(17)18/h2-3,17-18H,1H3. The summed E-state index contributed by atoms with van der Waals surface area (Å²) in [6.07, 6.45) is -10.2. The molecule has 0 saturated heterocycles. The molecule has 0 fully saturated rings. The molecule has 1 aromatic carbocycles. The van der Waals surface area contributed by atoms with Crippen molar-refractivity contribution in [3.63, 3.8) is 0 Å². The Morgan fingerprint density at radius 2 is 1.53 bits per heavy atom. The molecule has 0 aliphatic heterocycles. The first kappa shape index (κ1) is 15.6. The summed E-state index contributed by atoms with van der Waals surface area (Å²) in [7, 11) is -1.80. The minimum atomic E-state index is -5.19. The van der Waals surface area contributed by atoms with Crippen molar-refractivity contribution in [1.82, 2.24) is 0 Å². The highest BCUT2D eigenvalue weighted by Gasteiger charge is 2.42. The van der Waals surface area contributed by atoms with Crippen LogP contribution in [-0.2, 0) is 12.4 Å². The molecule has 0 amide bonds. The number of hydrogen-bond donors (Lipinski definition) is 2. The third kappa shape index (κ3) is 3.32. The highest BCUT2D eigenvalue weighted by molar-refractivity contribution is 6.60. The van der Waals surface area contributed by atoms with Gasteiger partial charge in [-0.15, -0.1) is 0 Å². The van der Waals surface area contributed by atoms with Crippen LogP contribution in [0.2, 0.25) is 0 Å². The Morgan fingerprint density at radius 3 is 1.84 bits per heavy atom. The topological polar surface area (TPSA) is 49.7 Å². The van der Waals surface area contributed by atoms with E-state index >= 15 is 0 Å². The Balaban J connectivity index is 3.65. The maximum absolute atomic E-state index is 12.6. The van der Waals surface area contributed by atoms with Crippen LogP contribution in [0.15, 0.2) is 12.1 Å². The van der Waals surface area contributed by atoms with Gasteiger partial charge >= 0.3 is 19.5 Å². The monoisotopic (exact) mass is 288 g/mol. The van der Waals surface area contributed by atoms with E-state index in [0.29, 0.717) is 0 Å². The van der Waals surface area contributed by atoms with E-state index in [4.69, 9.17) is 10.0 Å². The van der Waals surface area contributed by atoms with Gasteiger partial charge in [-0.3, -0.25) is 0 Å². The Hall–Kier alpha value is -1.42. The number of ether oxygens (including phenoxy) is 1. The quantitative estimate of drug-likeness (QED) is 0.639. The summed E-state index contributed by atoms with van der Waals surface area (Å²) < 4.78 is 79.7. The van der Waals surface area contributed by atoms with Crippen molar-refractivity contribution in [2.75, 3.05) is 7.11 Å². The minimum absolute atomic E-state index is 0.197. The van der Waals surface area contributed by atoms with Gasteiger partial charge in [-0.2, -0.15) is 26.3 Å². The maximum Gasteiger partial charge on any atom is 0.492 e. The molecule has 0 unspecified atom stereocenters. The normalized spacial score (nSPS) is 12.5. The van der Waals surface area contributed by atoms with Crippen LogP contribution in [0.1, 0.15) is 11.1 Å².